The molecule has 6 rings (SSSR count). The number of aromatic nitrogens is 3. The fraction of sp³-hybridized carbons (Fsp3) is 0.432. The van der Waals surface area contributed by atoms with E-state index in [2.05, 4.69) is 38.5 Å². The number of carbonyl (C=O) groups is 3. The molecule has 3 amide bonds. The van der Waals surface area contributed by atoms with Gasteiger partial charge in [-0.3, -0.25) is 14.6 Å². The Bertz CT molecular complexity index is 1820. The summed E-state index contributed by atoms with van der Waals surface area (Å²) >= 11 is 0. The molecule has 0 saturated carbocycles. The van der Waals surface area contributed by atoms with Gasteiger partial charge in [0, 0.05) is 24.7 Å². The van der Waals surface area contributed by atoms with Crippen molar-refractivity contribution < 1.29 is 23.9 Å². The normalized spacial score (nSPS) is 18.3. The Morgan fingerprint density at radius 2 is 1.42 bits per heavy atom. The third kappa shape index (κ3) is 7.30. The Balaban J connectivity index is 1.15. The van der Waals surface area contributed by atoms with Gasteiger partial charge in [0.05, 0.1) is 17.9 Å². The van der Waals surface area contributed by atoms with E-state index >= 15 is 0 Å². The van der Waals surface area contributed by atoms with Crippen molar-refractivity contribution in [3.8, 4) is 22.4 Å². The second kappa shape index (κ2) is 12.9. The number of aromatic amines is 1. The number of fused-ring (bicyclic) bond motifs is 1. The molecule has 4 heterocycles. The van der Waals surface area contributed by atoms with Crippen molar-refractivity contribution in [3.63, 3.8) is 0 Å². The third-order valence-electron chi connectivity index (χ3n) is 8.51. The van der Waals surface area contributed by atoms with Crippen LogP contribution in [-0.2, 0) is 14.3 Å². The van der Waals surface area contributed by atoms with Crippen LogP contribution in [-0.4, -0.2) is 73.2 Å². The van der Waals surface area contributed by atoms with Gasteiger partial charge in [-0.25, -0.2) is 19.6 Å². The van der Waals surface area contributed by atoms with E-state index in [9.17, 15) is 14.4 Å². The van der Waals surface area contributed by atoms with Gasteiger partial charge < -0.3 is 19.8 Å². The van der Waals surface area contributed by atoms with E-state index in [1.54, 1.807) is 11.1 Å². The molecule has 2 aromatic carbocycles. The van der Waals surface area contributed by atoms with E-state index in [0.29, 0.717) is 25.3 Å². The Hall–Kier alpha value is -4.93. The fourth-order valence-corrected chi connectivity index (χ4v) is 6.32. The van der Waals surface area contributed by atoms with Crippen LogP contribution in [0.2, 0.25) is 0 Å². The Labute approximate surface area is 281 Å². The largest absolute Gasteiger partial charge is 0.444 e. The van der Waals surface area contributed by atoms with Gasteiger partial charge in [-0.1, -0.05) is 36.4 Å². The first-order valence-electron chi connectivity index (χ1n) is 16.6. The number of rotatable bonds is 5. The van der Waals surface area contributed by atoms with Crippen molar-refractivity contribution in [1.82, 2.24) is 24.8 Å². The first kappa shape index (κ1) is 33.0. The number of nitrogens with zero attached hydrogens (tertiary/aromatic N) is 4. The lowest BCUT2D eigenvalue weighted by Gasteiger charge is -2.28. The number of benzene rings is 2. The average molecular weight is 653 g/mol. The van der Waals surface area contributed by atoms with Gasteiger partial charge in [-0.2, -0.15) is 0 Å². The van der Waals surface area contributed by atoms with Gasteiger partial charge in [-0.05, 0) is 101 Å². The summed E-state index contributed by atoms with van der Waals surface area (Å²) in [4.78, 5) is 54.6. The van der Waals surface area contributed by atoms with Gasteiger partial charge in [0.2, 0.25) is 5.91 Å². The molecule has 0 bridgehead atoms. The molecule has 0 spiro atoms. The van der Waals surface area contributed by atoms with Crippen molar-refractivity contribution in [2.24, 2.45) is 0 Å². The van der Waals surface area contributed by atoms with Crippen molar-refractivity contribution in [2.75, 3.05) is 18.4 Å². The molecule has 11 nitrogen and oxygen atoms in total. The van der Waals surface area contributed by atoms with Gasteiger partial charge in [0.15, 0.2) is 0 Å². The smallest absolute Gasteiger partial charge is 0.410 e. The maximum Gasteiger partial charge on any atom is 0.410 e. The monoisotopic (exact) mass is 652 g/mol. The highest BCUT2D eigenvalue weighted by atomic mass is 16.6. The van der Waals surface area contributed by atoms with Crippen LogP contribution in [0.1, 0.15) is 79.1 Å². The number of pyridine rings is 1. The number of nitrogens with one attached hydrogen (secondary N) is 2. The predicted molar refractivity (Wildman–Crippen MR) is 184 cm³/mol. The van der Waals surface area contributed by atoms with Crippen LogP contribution in [0.5, 0.6) is 0 Å². The molecule has 0 radical (unpaired) electrons. The molecule has 4 aromatic rings. The molecule has 2 aromatic heterocycles. The first-order chi connectivity index (χ1) is 22.8. The number of anilines is 1. The summed E-state index contributed by atoms with van der Waals surface area (Å²) in [5.41, 5.74) is 2.73. The second-order valence-electron chi connectivity index (χ2n) is 14.5. The summed E-state index contributed by atoms with van der Waals surface area (Å²) in [5, 5.41) is 4.71. The summed E-state index contributed by atoms with van der Waals surface area (Å²) in [6.07, 6.45) is 5.73. The van der Waals surface area contributed by atoms with Crippen LogP contribution in [0.3, 0.4) is 0 Å². The van der Waals surface area contributed by atoms with Crippen LogP contribution in [0.25, 0.3) is 33.2 Å². The number of imidazole rings is 1. The fourth-order valence-electron chi connectivity index (χ4n) is 6.32. The van der Waals surface area contributed by atoms with Gasteiger partial charge >= 0.3 is 12.2 Å². The van der Waals surface area contributed by atoms with Gasteiger partial charge in [0.1, 0.15) is 28.9 Å². The van der Waals surface area contributed by atoms with Crippen LogP contribution < -0.4 is 5.32 Å². The number of amides is 3. The maximum atomic E-state index is 13.3. The second-order valence-corrected chi connectivity index (χ2v) is 14.5. The van der Waals surface area contributed by atoms with Crippen LogP contribution in [0, 0.1) is 0 Å². The third-order valence-corrected chi connectivity index (χ3v) is 8.51. The molecular weight excluding hydrogens is 608 g/mol. The van der Waals surface area contributed by atoms with E-state index in [1.165, 1.54) is 4.90 Å². The number of carbonyl (C=O) groups excluding carboxylic acids is 3. The standard InChI is InChI=1S/C37H44N6O5/c1-36(2,3)47-34(45)42-19-7-9-29(42)32-39-22-28(40-32)24-13-11-23(12-14-24)25-15-16-27-26(21-25)17-18-38-31(27)41-33(44)30-10-8-20-43(30)35(46)48-37(4,5)6/h11-18,21-22,29-30H,7-10,19-20H2,1-6H3,(H,39,40)(H,38,41,44)/t29-,30-/m0/s1. The SMILES string of the molecule is CC(C)(C)OC(=O)N1CCC[C@H]1C(=O)Nc1nccc2cc(-c3ccc(-c4cnc([C@@H]5CCCN5C(=O)OC(C)(C)C)[nH]4)cc3)ccc12. The zero-order valence-electron chi connectivity index (χ0n) is 28.5. The molecule has 48 heavy (non-hydrogen) atoms. The van der Waals surface area contributed by atoms with Gasteiger partial charge in [0.25, 0.3) is 0 Å². The molecule has 2 aliphatic heterocycles. The van der Waals surface area contributed by atoms with Crippen molar-refractivity contribution in [3.05, 3.63) is 66.7 Å². The summed E-state index contributed by atoms with van der Waals surface area (Å²) in [5.74, 6) is 0.942. The van der Waals surface area contributed by atoms with Crippen LogP contribution >= 0.6 is 0 Å². The number of ether oxygens (including phenoxy) is 2. The molecule has 0 unspecified atom stereocenters. The van der Waals surface area contributed by atoms with E-state index < -0.39 is 23.3 Å². The highest BCUT2D eigenvalue weighted by Crippen LogP contribution is 2.34. The molecule has 252 valence electrons. The zero-order valence-corrected chi connectivity index (χ0v) is 28.5. The summed E-state index contributed by atoms with van der Waals surface area (Å²) in [7, 11) is 0. The minimum atomic E-state index is -0.638. The minimum absolute atomic E-state index is 0.142. The van der Waals surface area contributed by atoms with E-state index in [0.717, 1.165) is 58.2 Å². The van der Waals surface area contributed by atoms with E-state index in [1.807, 2.05) is 78.1 Å². The quantitative estimate of drug-likeness (QED) is 0.226. The molecule has 2 fully saturated rings. The number of hydrogen-bond donors (Lipinski definition) is 2. The minimum Gasteiger partial charge on any atom is -0.444 e. The van der Waals surface area contributed by atoms with Gasteiger partial charge in [-0.15, -0.1) is 0 Å². The van der Waals surface area contributed by atoms with E-state index in [-0.39, 0.29) is 18.0 Å². The topological polar surface area (TPSA) is 130 Å². The van der Waals surface area contributed by atoms with Crippen molar-refractivity contribution in [2.45, 2.75) is 90.5 Å². The molecule has 2 atom stereocenters. The Kier molecular flexibility index (Phi) is 8.89. The molecule has 0 aliphatic carbocycles. The molecule has 2 aliphatic rings. The first-order valence-corrected chi connectivity index (χ1v) is 16.6. The van der Waals surface area contributed by atoms with Crippen LogP contribution in [0.4, 0.5) is 15.4 Å². The molecular formula is C37H44N6O5. The number of likely N-dealkylation sites (tertiary alicyclic amines) is 2. The van der Waals surface area contributed by atoms with Crippen molar-refractivity contribution >= 4 is 34.7 Å². The lowest BCUT2D eigenvalue weighted by molar-refractivity contribution is -0.120. The molecule has 2 saturated heterocycles. The summed E-state index contributed by atoms with van der Waals surface area (Å²) < 4.78 is 11.1. The Morgan fingerprint density at radius 3 is 2.12 bits per heavy atom. The lowest BCUT2D eigenvalue weighted by Crippen LogP contribution is -2.45. The predicted octanol–water partition coefficient (Wildman–Crippen LogP) is 7.70. The Morgan fingerprint density at radius 1 is 0.792 bits per heavy atom. The van der Waals surface area contributed by atoms with Crippen LogP contribution in [0.15, 0.2) is 60.9 Å². The highest BCUT2D eigenvalue weighted by Gasteiger charge is 2.37. The van der Waals surface area contributed by atoms with Crippen molar-refractivity contribution in [1.29, 1.82) is 0 Å². The molecule has 11 heteroatoms. The zero-order chi connectivity index (χ0) is 34.2. The molecule has 2 N–H and O–H groups in total. The average Bonchev–Trinajstić information content (AvgIpc) is 3.80. The number of H-pyrrole nitrogens is 1. The maximum absolute atomic E-state index is 13.3. The summed E-state index contributed by atoms with van der Waals surface area (Å²) in [6.45, 7) is 12.2. The summed E-state index contributed by atoms with van der Waals surface area (Å²) in [6, 6.07) is 15.4. The number of hydrogen-bond acceptors (Lipinski definition) is 7. The highest BCUT2D eigenvalue weighted by molar-refractivity contribution is 6.04. The van der Waals surface area contributed by atoms with E-state index in [4.69, 9.17) is 9.47 Å². The lowest BCUT2D eigenvalue weighted by atomic mass is 10.00.